The maximum Gasteiger partial charge on any atom is 0.253 e. The van der Waals surface area contributed by atoms with E-state index in [4.69, 9.17) is 5.26 Å². The van der Waals surface area contributed by atoms with Crippen LogP contribution >= 0.6 is 0 Å². The van der Waals surface area contributed by atoms with Crippen LogP contribution in [0.25, 0.3) is 10.9 Å². The van der Waals surface area contributed by atoms with Gasteiger partial charge in [0.1, 0.15) is 0 Å². The molecular formula is C30H26N4O2. The van der Waals surface area contributed by atoms with E-state index in [2.05, 4.69) is 41.5 Å². The molecule has 0 atom stereocenters. The Morgan fingerprint density at radius 3 is 2.44 bits per heavy atom. The number of nitrogens with zero attached hydrogens (tertiary/aromatic N) is 4. The van der Waals surface area contributed by atoms with Gasteiger partial charge in [0.2, 0.25) is 6.41 Å². The molecular weight excluding hydrogens is 448 g/mol. The van der Waals surface area contributed by atoms with E-state index in [-0.39, 0.29) is 5.91 Å². The van der Waals surface area contributed by atoms with Gasteiger partial charge in [0.25, 0.3) is 5.91 Å². The molecule has 0 aliphatic rings. The molecule has 6 nitrogen and oxygen atoms in total. The summed E-state index contributed by atoms with van der Waals surface area (Å²) in [6.07, 6.45) is 0.793. The Morgan fingerprint density at radius 1 is 1.03 bits per heavy atom. The van der Waals surface area contributed by atoms with Crippen molar-refractivity contribution in [3.63, 3.8) is 0 Å². The van der Waals surface area contributed by atoms with Crippen molar-refractivity contribution in [1.29, 1.82) is 5.26 Å². The lowest BCUT2D eigenvalue weighted by molar-refractivity contribution is -0.107. The summed E-state index contributed by atoms with van der Waals surface area (Å²) in [5.74, 6) is 6.25. The number of rotatable bonds is 7. The summed E-state index contributed by atoms with van der Waals surface area (Å²) >= 11 is 0. The van der Waals surface area contributed by atoms with E-state index < -0.39 is 0 Å². The van der Waals surface area contributed by atoms with Crippen LogP contribution in [0.15, 0.2) is 78.9 Å². The highest BCUT2D eigenvalue weighted by atomic mass is 16.2. The quantitative estimate of drug-likeness (QED) is 0.285. The molecule has 0 bridgehead atoms. The lowest BCUT2D eigenvalue weighted by atomic mass is 10.1. The van der Waals surface area contributed by atoms with Gasteiger partial charge in [0, 0.05) is 42.3 Å². The van der Waals surface area contributed by atoms with Gasteiger partial charge in [-0.2, -0.15) is 5.26 Å². The van der Waals surface area contributed by atoms with E-state index in [1.54, 1.807) is 41.1 Å². The average Bonchev–Trinajstić information content (AvgIpc) is 3.27. The number of fused-ring (bicyclic) bond motifs is 1. The van der Waals surface area contributed by atoms with E-state index in [0.29, 0.717) is 24.2 Å². The van der Waals surface area contributed by atoms with Crippen LogP contribution in [0.1, 0.15) is 34.1 Å². The number of hydrogen-bond donors (Lipinski definition) is 0. The first-order valence-corrected chi connectivity index (χ1v) is 11.7. The Kier molecular flexibility index (Phi) is 7.48. The Balaban J connectivity index is 1.52. The molecule has 0 N–H and O–H groups in total. The summed E-state index contributed by atoms with van der Waals surface area (Å²) < 4.78 is 2.14. The minimum absolute atomic E-state index is 0.101. The highest BCUT2D eigenvalue weighted by Gasteiger charge is 2.13. The Labute approximate surface area is 211 Å². The fraction of sp³-hybridized carbons (Fsp3) is 0.167. The highest BCUT2D eigenvalue weighted by molar-refractivity contribution is 5.94. The van der Waals surface area contributed by atoms with Crippen LogP contribution < -0.4 is 4.90 Å². The van der Waals surface area contributed by atoms with Gasteiger partial charge in [-0.15, -0.1) is 0 Å². The summed E-state index contributed by atoms with van der Waals surface area (Å²) in [6.45, 7) is 3.59. The zero-order valence-electron chi connectivity index (χ0n) is 20.3. The molecule has 3 aromatic carbocycles. The lowest BCUT2D eigenvalue weighted by Crippen LogP contribution is -2.26. The normalized spacial score (nSPS) is 10.2. The first-order valence-electron chi connectivity index (χ1n) is 11.7. The molecule has 0 fully saturated rings. The third-order valence-corrected chi connectivity index (χ3v) is 5.99. The van der Waals surface area contributed by atoms with Crippen molar-refractivity contribution in [3.05, 3.63) is 101 Å². The molecule has 1 aromatic heterocycles. The van der Waals surface area contributed by atoms with E-state index in [9.17, 15) is 9.59 Å². The van der Waals surface area contributed by atoms with Gasteiger partial charge >= 0.3 is 0 Å². The zero-order valence-corrected chi connectivity index (χ0v) is 20.3. The van der Waals surface area contributed by atoms with Crippen molar-refractivity contribution < 1.29 is 9.59 Å². The molecule has 2 amide bonds. The lowest BCUT2D eigenvalue weighted by Gasteiger charge is -2.17. The molecule has 0 spiro atoms. The van der Waals surface area contributed by atoms with Crippen LogP contribution in [0.5, 0.6) is 0 Å². The van der Waals surface area contributed by atoms with Gasteiger partial charge in [0.15, 0.2) is 0 Å². The number of aryl methyl sites for hydroxylation is 1. The van der Waals surface area contributed by atoms with E-state index in [1.165, 1.54) is 0 Å². The van der Waals surface area contributed by atoms with Crippen LogP contribution in [-0.2, 0) is 17.9 Å². The molecule has 0 aliphatic heterocycles. The molecule has 4 aromatic rings. The molecule has 0 aliphatic carbocycles. The summed E-state index contributed by atoms with van der Waals surface area (Å²) in [7, 11) is 1.77. The van der Waals surface area contributed by atoms with E-state index >= 15 is 0 Å². The predicted octanol–water partition coefficient (Wildman–Crippen LogP) is 4.82. The molecule has 0 unspecified atom stereocenters. The second-order valence-corrected chi connectivity index (χ2v) is 8.39. The summed E-state index contributed by atoms with van der Waals surface area (Å²) in [6, 6.07) is 26.4. The number of benzene rings is 3. The monoisotopic (exact) mass is 474 g/mol. The number of carbonyl (C=O) groups is 2. The Morgan fingerprint density at radius 2 is 1.78 bits per heavy atom. The summed E-state index contributed by atoms with van der Waals surface area (Å²) in [5.41, 5.74) is 4.84. The van der Waals surface area contributed by atoms with Crippen LogP contribution in [-0.4, -0.2) is 35.4 Å². The second kappa shape index (κ2) is 11.1. The maximum absolute atomic E-state index is 12.8. The van der Waals surface area contributed by atoms with Gasteiger partial charge in [0.05, 0.1) is 23.9 Å². The topological polar surface area (TPSA) is 69.3 Å². The number of hydrogen-bond acceptors (Lipinski definition) is 3. The SMILES string of the molecule is CCn1c(C#CCN(C=O)c2ccccc2)cc2cc(CN(C)C(=O)c3ccc(C#N)cc3)ccc21. The molecule has 6 heteroatoms. The first-order chi connectivity index (χ1) is 17.5. The Hall–Kier alpha value is -4.81. The van der Waals surface area contributed by atoms with Crippen LogP contribution in [0.4, 0.5) is 5.69 Å². The predicted molar refractivity (Wildman–Crippen MR) is 141 cm³/mol. The standard InChI is InChI=1S/C30H26N4O2/c1-3-34-28(10-7-17-33(22-35)27-8-5-4-6-9-27)19-26-18-24(13-16-29(26)34)21-32(2)30(36)25-14-11-23(20-31)12-15-25/h4-6,8-9,11-16,18-19,22H,3,17,21H2,1-2H3. The molecule has 1 heterocycles. The number of anilines is 1. The van der Waals surface area contributed by atoms with E-state index in [0.717, 1.165) is 40.8 Å². The minimum Gasteiger partial charge on any atom is -0.337 e. The summed E-state index contributed by atoms with van der Waals surface area (Å²) in [5, 5.41) is 10.0. The largest absolute Gasteiger partial charge is 0.337 e. The third-order valence-electron chi connectivity index (χ3n) is 5.99. The van der Waals surface area contributed by atoms with Crippen molar-refractivity contribution in [2.45, 2.75) is 20.0 Å². The van der Waals surface area contributed by atoms with E-state index in [1.807, 2.05) is 42.5 Å². The summed E-state index contributed by atoms with van der Waals surface area (Å²) in [4.78, 5) is 27.6. The smallest absolute Gasteiger partial charge is 0.253 e. The number of carbonyl (C=O) groups excluding carboxylic acids is 2. The number of para-hydroxylation sites is 1. The van der Waals surface area contributed by atoms with Gasteiger partial charge in [-0.3, -0.25) is 9.59 Å². The third kappa shape index (κ3) is 5.29. The zero-order chi connectivity index (χ0) is 25.5. The van der Waals surface area contributed by atoms with Crippen LogP contribution in [0.3, 0.4) is 0 Å². The van der Waals surface area contributed by atoms with Crippen LogP contribution in [0, 0.1) is 23.2 Å². The minimum atomic E-state index is -0.101. The fourth-order valence-electron chi connectivity index (χ4n) is 4.14. The fourth-order valence-corrected chi connectivity index (χ4v) is 4.14. The van der Waals surface area contributed by atoms with Crippen molar-refractivity contribution in [2.24, 2.45) is 0 Å². The first kappa shape index (κ1) is 24.3. The average molecular weight is 475 g/mol. The number of amides is 2. The van der Waals surface area contributed by atoms with Crippen molar-refractivity contribution >= 4 is 28.9 Å². The van der Waals surface area contributed by atoms with Crippen molar-refractivity contribution in [2.75, 3.05) is 18.5 Å². The highest BCUT2D eigenvalue weighted by Crippen LogP contribution is 2.22. The van der Waals surface area contributed by atoms with Gasteiger partial charge in [-0.1, -0.05) is 30.2 Å². The Bertz CT molecular complexity index is 1490. The second-order valence-electron chi connectivity index (χ2n) is 8.39. The molecule has 0 saturated heterocycles. The molecule has 0 radical (unpaired) electrons. The van der Waals surface area contributed by atoms with Crippen molar-refractivity contribution in [1.82, 2.24) is 9.47 Å². The van der Waals surface area contributed by atoms with Gasteiger partial charge in [-0.25, -0.2) is 0 Å². The number of nitriles is 1. The molecule has 4 rings (SSSR count). The van der Waals surface area contributed by atoms with Crippen LogP contribution in [0.2, 0.25) is 0 Å². The maximum atomic E-state index is 12.8. The van der Waals surface area contributed by atoms with Crippen molar-refractivity contribution in [3.8, 4) is 17.9 Å². The number of aromatic nitrogens is 1. The van der Waals surface area contributed by atoms with Gasteiger partial charge in [-0.05, 0) is 73.0 Å². The molecule has 178 valence electrons. The van der Waals surface area contributed by atoms with Gasteiger partial charge < -0.3 is 14.4 Å². The molecule has 0 saturated carbocycles. The molecule has 36 heavy (non-hydrogen) atoms.